The Balaban J connectivity index is 1.75. The van der Waals surface area contributed by atoms with Gasteiger partial charge in [-0.2, -0.15) is 0 Å². The molecule has 0 N–H and O–H groups in total. The molecule has 5 heteroatoms. The van der Waals surface area contributed by atoms with E-state index in [-0.39, 0.29) is 18.5 Å². The Morgan fingerprint density at radius 1 is 1.39 bits per heavy atom. The van der Waals surface area contributed by atoms with Crippen LogP contribution in [0.4, 0.5) is 4.79 Å². The van der Waals surface area contributed by atoms with E-state index in [4.69, 9.17) is 4.74 Å². The summed E-state index contributed by atoms with van der Waals surface area (Å²) in [7, 11) is 0. The highest BCUT2D eigenvalue weighted by atomic mass is 16.6. The lowest BCUT2D eigenvalue weighted by Crippen LogP contribution is -2.52. The number of rotatable bonds is 4. The van der Waals surface area contributed by atoms with Crippen LogP contribution in [0.2, 0.25) is 0 Å². The van der Waals surface area contributed by atoms with Gasteiger partial charge in [0.25, 0.3) is 0 Å². The molecule has 2 amide bonds. The summed E-state index contributed by atoms with van der Waals surface area (Å²) in [5, 5.41) is 0. The Bertz CT molecular complexity index is 324. The van der Waals surface area contributed by atoms with Gasteiger partial charge in [0.1, 0.15) is 6.54 Å². The molecule has 0 radical (unpaired) electrons. The zero-order valence-electron chi connectivity index (χ0n) is 11.2. The Hall–Kier alpha value is -1.26. The first-order chi connectivity index (χ1) is 8.56. The van der Waals surface area contributed by atoms with Crippen molar-refractivity contribution in [3.63, 3.8) is 0 Å². The van der Waals surface area contributed by atoms with Crippen LogP contribution in [0.15, 0.2) is 0 Å². The molecule has 0 aromatic carbocycles. The van der Waals surface area contributed by atoms with Crippen LogP contribution in [0, 0.1) is 11.8 Å². The molecule has 1 heterocycles. The van der Waals surface area contributed by atoms with Gasteiger partial charge < -0.3 is 9.64 Å². The number of hydrogen-bond acceptors (Lipinski definition) is 3. The first-order valence-electron chi connectivity index (χ1n) is 6.75. The molecule has 5 nitrogen and oxygen atoms in total. The molecule has 0 unspecified atom stereocenters. The molecule has 0 bridgehead atoms. The van der Waals surface area contributed by atoms with Gasteiger partial charge in [-0.3, -0.25) is 9.69 Å². The number of carbonyl (C=O) groups excluding carboxylic acids is 2. The van der Waals surface area contributed by atoms with Gasteiger partial charge in [-0.05, 0) is 24.7 Å². The van der Waals surface area contributed by atoms with Crippen molar-refractivity contribution >= 4 is 12.0 Å². The number of hydrogen-bond donors (Lipinski definition) is 0. The van der Waals surface area contributed by atoms with Gasteiger partial charge in [0.2, 0.25) is 5.91 Å². The minimum Gasteiger partial charge on any atom is -0.449 e. The topological polar surface area (TPSA) is 49.9 Å². The fourth-order valence-corrected chi connectivity index (χ4v) is 2.00. The summed E-state index contributed by atoms with van der Waals surface area (Å²) < 4.78 is 5.14. The number of amides is 2. The number of piperazine rings is 1. The Morgan fingerprint density at radius 2 is 2.11 bits per heavy atom. The highest BCUT2D eigenvalue weighted by Gasteiger charge is 2.32. The summed E-state index contributed by atoms with van der Waals surface area (Å²) in [6.07, 6.45) is 2.12. The molecule has 1 saturated carbocycles. The molecule has 2 rings (SSSR count). The van der Waals surface area contributed by atoms with Gasteiger partial charge in [-0.15, -0.1) is 0 Å². The zero-order chi connectivity index (χ0) is 13.1. The van der Waals surface area contributed by atoms with E-state index in [0.29, 0.717) is 31.5 Å². The predicted molar refractivity (Wildman–Crippen MR) is 67.1 cm³/mol. The molecule has 18 heavy (non-hydrogen) atoms. The van der Waals surface area contributed by atoms with Gasteiger partial charge in [0, 0.05) is 19.6 Å². The summed E-state index contributed by atoms with van der Waals surface area (Å²) in [4.78, 5) is 27.0. The predicted octanol–water partition coefficient (Wildman–Crippen LogP) is 1.33. The van der Waals surface area contributed by atoms with Crippen LogP contribution in [0.25, 0.3) is 0 Å². The van der Waals surface area contributed by atoms with Gasteiger partial charge >= 0.3 is 6.09 Å². The molecular formula is C13H22N2O3. The molecular weight excluding hydrogens is 232 g/mol. The number of ether oxygens (including phenoxy) is 1. The lowest BCUT2D eigenvalue weighted by Gasteiger charge is -2.33. The van der Waals surface area contributed by atoms with Gasteiger partial charge in [0.15, 0.2) is 0 Å². The first kappa shape index (κ1) is 13.2. The van der Waals surface area contributed by atoms with E-state index < -0.39 is 0 Å². The number of carbonyl (C=O) groups is 2. The van der Waals surface area contributed by atoms with Crippen molar-refractivity contribution in [1.29, 1.82) is 0 Å². The summed E-state index contributed by atoms with van der Waals surface area (Å²) >= 11 is 0. The monoisotopic (exact) mass is 254 g/mol. The third-order valence-corrected chi connectivity index (χ3v) is 3.29. The average Bonchev–Trinajstić information content (AvgIpc) is 3.12. The largest absolute Gasteiger partial charge is 0.449 e. The third kappa shape index (κ3) is 3.62. The fourth-order valence-electron chi connectivity index (χ4n) is 2.00. The first-order valence-corrected chi connectivity index (χ1v) is 6.75. The Morgan fingerprint density at radius 3 is 2.67 bits per heavy atom. The standard InChI is InChI=1S/C13H22N2O3/c1-10(2)9-18-13(17)15-6-5-14(12(16)8-15)7-11-3-4-11/h10-11H,3-9H2,1-2H3. The summed E-state index contributed by atoms with van der Waals surface area (Å²) in [5.74, 6) is 1.07. The summed E-state index contributed by atoms with van der Waals surface area (Å²) in [5.41, 5.74) is 0. The lowest BCUT2D eigenvalue weighted by atomic mass is 10.2. The minimum absolute atomic E-state index is 0.0506. The molecule has 102 valence electrons. The van der Waals surface area contributed by atoms with Crippen molar-refractivity contribution in [3.8, 4) is 0 Å². The maximum Gasteiger partial charge on any atom is 0.410 e. The van der Waals surface area contributed by atoms with Crippen molar-refractivity contribution < 1.29 is 14.3 Å². The number of nitrogens with zero attached hydrogens (tertiary/aromatic N) is 2. The highest BCUT2D eigenvalue weighted by Crippen LogP contribution is 2.30. The molecule has 0 aromatic rings. The SMILES string of the molecule is CC(C)COC(=O)N1CCN(CC2CC2)C(=O)C1. The van der Waals surface area contributed by atoms with Crippen LogP contribution in [0.3, 0.4) is 0 Å². The van der Waals surface area contributed by atoms with Crippen molar-refractivity contribution in [2.75, 3.05) is 32.8 Å². The van der Waals surface area contributed by atoms with Crippen LogP contribution < -0.4 is 0 Å². The van der Waals surface area contributed by atoms with Crippen LogP contribution in [-0.2, 0) is 9.53 Å². The molecule has 1 saturated heterocycles. The maximum absolute atomic E-state index is 11.9. The minimum atomic E-state index is -0.358. The second-order valence-electron chi connectivity index (χ2n) is 5.68. The molecule has 2 fully saturated rings. The van der Waals surface area contributed by atoms with Gasteiger partial charge in [-0.1, -0.05) is 13.8 Å². The molecule has 2 aliphatic rings. The fraction of sp³-hybridized carbons (Fsp3) is 0.846. The Labute approximate surface area is 108 Å². The second kappa shape index (κ2) is 5.59. The van der Waals surface area contributed by atoms with Gasteiger partial charge in [0.05, 0.1) is 6.61 Å². The van der Waals surface area contributed by atoms with E-state index in [1.165, 1.54) is 17.7 Å². The molecule has 1 aliphatic heterocycles. The maximum atomic E-state index is 11.9. The zero-order valence-corrected chi connectivity index (χ0v) is 11.2. The van der Waals surface area contributed by atoms with Crippen molar-refractivity contribution in [2.45, 2.75) is 26.7 Å². The van der Waals surface area contributed by atoms with E-state index in [0.717, 1.165) is 6.54 Å². The van der Waals surface area contributed by atoms with Crippen molar-refractivity contribution in [3.05, 3.63) is 0 Å². The van der Waals surface area contributed by atoms with Crippen molar-refractivity contribution in [1.82, 2.24) is 9.80 Å². The Kier molecular flexibility index (Phi) is 4.09. The third-order valence-electron chi connectivity index (χ3n) is 3.29. The molecule has 1 aliphatic carbocycles. The highest BCUT2D eigenvalue weighted by molar-refractivity contribution is 5.83. The molecule has 0 atom stereocenters. The smallest absolute Gasteiger partial charge is 0.410 e. The molecule has 0 aromatic heterocycles. The van der Waals surface area contributed by atoms with E-state index >= 15 is 0 Å². The van der Waals surface area contributed by atoms with Crippen LogP contribution >= 0.6 is 0 Å². The molecule has 0 spiro atoms. The van der Waals surface area contributed by atoms with Crippen LogP contribution in [0.1, 0.15) is 26.7 Å². The van der Waals surface area contributed by atoms with E-state index in [1.54, 1.807) is 0 Å². The summed E-state index contributed by atoms with van der Waals surface area (Å²) in [6.45, 7) is 6.67. The van der Waals surface area contributed by atoms with Crippen LogP contribution in [0.5, 0.6) is 0 Å². The van der Waals surface area contributed by atoms with E-state index in [9.17, 15) is 9.59 Å². The average molecular weight is 254 g/mol. The van der Waals surface area contributed by atoms with Crippen LogP contribution in [-0.4, -0.2) is 54.6 Å². The lowest BCUT2D eigenvalue weighted by molar-refractivity contribution is -0.135. The normalized spacial score (nSPS) is 20.5. The van der Waals surface area contributed by atoms with Crippen molar-refractivity contribution in [2.24, 2.45) is 11.8 Å². The van der Waals surface area contributed by atoms with Gasteiger partial charge in [-0.25, -0.2) is 4.79 Å². The van der Waals surface area contributed by atoms with E-state index in [2.05, 4.69) is 0 Å². The quantitative estimate of drug-likeness (QED) is 0.760. The second-order valence-corrected chi connectivity index (χ2v) is 5.68. The van der Waals surface area contributed by atoms with E-state index in [1.807, 2.05) is 18.7 Å². The summed E-state index contributed by atoms with van der Waals surface area (Å²) in [6, 6.07) is 0.